The van der Waals surface area contributed by atoms with E-state index in [1.165, 1.54) is 0 Å². The molecule has 2 aliphatic rings. The molecule has 4 nitrogen and oxygen atoms in total. The molecule has 20 heavy (non-hydrogen) atoms. The van der Waals surface area contributed by atoms with Crippen LogP contribution in [0.1, 0.15) is 30.7 Å². The Bertz CT molecular complexity index is 520. The molecule has 1 amide bonds. The summed E-state index contributed by atoms with van der Waals surface area (Å²) in [5.41, 5.74) is 0.934. The predicted molar refractivity (Wildman–Crippen MR) is 78.7 cm³/mol. The van der Waals surface area contributed by atoms with Gasteiger partial charge in [0.2, 0.25) is 5.91 Å². The van der Waals surface area contributed by atoms with Gasteiger partial charge in [0.25, 0.3) is 0 Å². The molecular formula is C15H18BrNO3. The van der Waals surface area contributed by atoms with Crippen molar-refractivity contribution in [3.63, 3.8) is 0 Å². The fraction of sp³-hybridized carbons (Fsp3) is 0.533. The van der Waals surface area contributed by atoms with E-state index in [1.54, 1.807) is 0 Å². The smallest absolute Gasteiger partial charge is 0.231 e. The second-order valence-electron chi connectivity index (χ2n) is 5.55. The molecule has 1 aromatic carbocycles. The number of amides is 1. The van der Waals surface area contributed by atoms with Crippen molar-refractivity contribution < 1.29 is 14.6 Å². The first-order valence-electron chi connectivity index (χ1n) is 7.03. The number of halogens is 1. The Kier molecular flexibility index (Phi) is 3.98. The normalized spacial score (nSPS) is 28.0. The monoisotopic (exact) mass is 339 g/mol. The lowest BCUT2D eigenvalue weighted by Gasteiger charge is -2.17. The SMILES string of the molecule is O=C(NCC1CCCC1O)C1COc2ccc(Br)cc21. The number of carbonyl (C=O) groups excluding carboxylic acids is 1. The Morgan fingerprint density at radius 1 is 1.45 bits per heavy atom. The molecule has 0 radical (unpaired) electrons. The van der Waals surface area contributed by atoms with Gasteiger partial charge in [-0.05, 0) is 31.0 Å². The molecule has 0 spiro atoms. The topological polar surface area (TPSA) is 58.6 Å². The van der Waals surface area contributed by atoms with Gasteiger partial charge < -0.3 is 15.2 Å². The maximum absolute atomic E-state index is 12.3. The number of aliphatic hydroxyl groups is 1. The maximum Gasteiger partial charge on any atom is 0.231 e. The van der Waals surface area contributed by atoms with E-state index in [-0.39, 0.29) is 23.8 Å². The zero-order valence-corrected chi connectivity index (χ0v) is 12.7. The molecule has 0 saturated heterocycles. The number of rotatable bonds is 3. The minimum Gasteiger partial charge on any atom is -0.492 e. The van der Waals surface area contributed by atoms with Crippen molar-refractivity contribution in [1.82, 2.24) is 5.32 Å². The summed E-state index contributed by atoms with van der Waals surface area (Å²) >= 11 is 3.42. The van der Waals surface area contributed by atoms with Gasteiger partial charge in [-0.1, -0.05) is 22.4 Å². The van der Waals surface area contributed by atoms with E-state index in [0.717, 1.165) is 35.0 Å². The zero-order valence-electron chi connectivity index (χ0n) is 11.1. The standard InChI is InChI=1S/C15H18BrNO3/c16-10-4-5-14-11(6-10)12(8-20-14)15(19)17-7-9-2-1-3-13(9)18/h4-6,9,12-13,18H,1-3,7-8H2,(H,17,19). The highest BCUT2D eigenvalue weighted by Crippen LogP contribution is 2.36. The van der Waals surface area contributed by atoms with E-state index in [4.69, 9.17) is 4.74 Å². The Morgan fingerprint density at radius 3 is 3.05 bits per heavy atom. The van der Waals surface area contributed by atoms with Crippen molar-refractivity contribution in [2.75, 3.05) is 13.2 Å². The van der Waals surface area contributed by atoms with Gasteiger partial charge in [0.1, 0.15) is 18.3 Å². The van der Waals surface area contributed by atoms with Gasteiger partial charge in [0.05, 0.1) is 6.10 Å². The van der Waals surface area contributed by atoms with Crippen molar-refractivity contribution in [2.45, 2.75) is 31.3 Å². The Labute approximate surface area is 126 Å². The van der Waals surface area contributed by atoms with Crippen LogP contribution in [0.25, 0.3) is 0 Å². The molecule has 1 aliphatic carbocycles. The Hall–Kier alpha value is -1.07. The average molecular weight is 340 g/mol. The Morgan fingerprint density at radius 2 is 2.30 bits per heavy atom. The minimum atomic E-state index is -0.267. The third-order valence-electron chi connectivity index (χ3n) is 4.23. The van der Waals surface area contributed by atoms with Gasteiger partial charge in [-0.15, -0.1) is 0 Å². The lowest BCUT2D eigenvalue weighted by Crippen LogP contribution is -2.36. The Balaban J connectivity index is 1.63. The molecule has 108 valence electrons. The predicted octanol–water partition coefficient (Wildman–Crippen LogP) is 2.20. The van der Waals surface area contributed by atoms with Crippen LogP contribution in [-0.2, 0) is 4.79 Å². The highest BCUT2D eigenvalue weighted by Gasteiger charge is 2.32. The van der Waals surface area contributed by atoms with E-state index in [9.17, 15) is 9.90 Å². The summed E-state index contributed by atoms with van der Waals surface area (Å²) in [6, 6.07) is 5.73. The molecule has 3 atom stereocenters. The highest BCUT2D eigenvalue weighted by molar-refractivity contribution is 9.10. The lowest BCUT2D eigenvalue weighted by molar-refractivity contribution is -0.123. The summed E-state index contributed by atoms with van der Waals surface area (Å²) in [6.07, 6.45) is 2.62. The second kappa shape index (κ2) is 5.74. The molecule has 3 rings (SSSR count). The van der Waals surface area contributed by atoms with Gasteiger partial charge in [0, 0.05) is 22.5 Å². The second-order valence-corrected chi connectivity index (χ2v) is 6.46. The van der Waals surface area contributed by atoms with Crippen LogP contribution in [0.2, 0.25) is 0 Å². The van der Waals surface area contributed by atoms with Gasteiger partial charge in [-0.2, -0.15) is 0 Å². The lowest BCUT2D eigenvalue weighted by atomic mass is 10.00. The first kappa shape index (κ1) is 13.9. The van der Waals surface area contributed by atoms with E-state index in [2.05, 4.69) is 21.2 Å². The van der Waals surface area contributed by atoms with Crippen LogP contribution in [-0.4, -0.2) is 30.3 Å². The molecule has 1 aliphatic heterocycles. The molecule has 1 fully saturated rings. The van der Waals surface area contributed by atoms with Crippen molar-refractivity contribution >= 4 is 21.8 Å². The summed E-state index contributed by atoms with van der Waals surface area (Å²) in [7, 11) is 0. The molecule has 2 N–H and O–H groups in total. The summed E-state index contributed by atoms with van der Waals surface area (Å²) in [4.78, 5) is 12.3. The van der Waals surface area contributed by atoms with E-state index < -0.39 is 0 Å². The summed E-state index contributed by atoms with van der Waals surface area (Å²) < 4.78 is 6.50. The van der Waals surface area contributed by atoms with Gasteiger partial charge in [-0.3, -0.25) is 4.79 Å². The zero-order chi connectivity index (χ0) is 14.1. The molecule has 0 aromatic heterocycles. The molecule has 1 heterocycles. The van der Waals surface area contributed by atoms with Crippen LogP contribution < -0.4 is 10.1 Å². The molecule has 0 bridgehead atoms. The fourth-order valence-corrected chi connectivity index (χ4v) is 3.39. The van der Waals surface area contributed by atoms with Crippen molar-refractivity contribution in [1.29, 1.82) is 0 Å². The molecule has 3 unspecified atom stereocenters. The minimum absolute atomic E-state index is 0.0130. The van der Waals surface area contributed by atoms with E-state index in [0.29, 0.717) is 13.2 Å². The number of benzene rings is 1. The van der Waals surface area contributed by atoms with Gasteiger partial charge >= 0.3 is 0 Å². The third kappa shape index (κ3) is 2.69. The molecule has 1 saturated carbocycles. The number of nitrogens with one attached hydrogen (secondary N) is 1. The maximum atomic E-state index is 12.3. The number of ether oxygens (including phenoxy) is 1. The quantitative estimate of drug-likeness (QED) is 0.887. The van der Waals surface area contributed by atoms with E-state index in [1.807, 2.05) is 18.2 Å². The summed E-state index contributed by atoms with van der Waals surface area (Å²) in [5, 5.41) is 12.7. The fourth-order valence-electron chi connectivity index (χ4n) is 3.01. The van der Waals surface area contributed by atoms with Crippen LogP contribution in [0.15, 0.2) is 22.7 Å². The largest absolute Gasteiger partial charge is 0.492 e. The van der Waals surface area contributed by atoms with Gasteiger partial charge in [-0.25, -0.2) is 0 Å². The van der Waals surface area contributed by atoms with Crippen molar-refractivity contribution in [2.24, 2.45) is 5.92 Å². The average Bonchev–Trinajstić information content (AvgIpc) is 3.02. The number of fused-ring (bicyclic) bond motifs is 1. The number of hydrogen-bond donors (Lipinski definition) is 2. The number of hydrogen-bond acceptors (Lipinski definition) is 3. The van der Waals surface area contributed by atoms with Crippen LogP contribution in [0, 0.1) is 5.92 Å². The molecule has 5 heteroatoms. The first-order valence-corrected chi connectivity index (χ1v) is 7.82. The number of aliphatic hydroxyl groups excluding tert-OH is 1. The van der Waals surface area contributed by atoms with Crippen molar-refractivity contribution in [3.05, 3.63) is 28.2 Å². The van der Waals surface area contributed by atoms with Crippen LogP contribution in [0.3, 0.4) is 0 Å². The number of carbonyl (C=O) groups is 1. The van der Waals surface area contributed by atoms with Crippen LogP contribution >= 0.6 is 15.9 Å². The van der Waals surface area contributed by atoms with Crippen molar-refractivity contribution in [3.8, 4) is 5.75 Å². The van der Waals surface area contributed by atoms with Crippen LogP contribution in [0.4, 0.5) is 0 Å². The van der Waals surface area contributed by atoms with Crippen LogP contribution in [0.5, 0.6) is 5.75 Å². The molecular weight excluding hydrogens is 322 g/mol. The third-order valence-corrected chi connectivity index (χ3v) is 4.72. The van der Waals surface area contributed by atoms with E-state index >= 15 is 0 Å². The summed E-state index contributed by atoms with van der Waals surface area (Å²) in [5.74, 6) is 0.722. The summed E-state index contributed by atoms with van der Waals surface area (Å²) in [6.45, 7) is 0.949. The highest BCUT2D eigenvalue weighted by atomic mass is 79.9. The molecule has 1 aromatic rings. The van der Waals surface area contributed by atoms with Gasteiger partial charge in [0.15, 0.2) is 0 Å². The first-order chi connectivity index (χ1) is 9.65.